The van der Waals surface area contributed by atoms with E-state index in [1.165, 1.54) is 21.5 Å². The molecule has 0 aliphatic rings. The van der Waals surface area contributed by atoms with Gasteiger partial charge < -0.3 is 8.98 Å². The third-order valence-corrected chi connectivity index (χ3v) is 8.36. The van der Waals surface area contributed by atoms with E-state index < -0.39 is 0 Å². The summed E-state index contributed by atoms with van der Waals surface area (Å²) in [5.74, 6) is 0. The van der Waals surface area contributed by atoms with Crippen molar-refractivity contribution in [3.8, 4) is 28.2 Å². The van der Waals surface area contributed by atoms with Gasteiger partial charge in [0, 0.05) is 32.7 Å². The Kier molecular flexibility index (Phi) is 4.90. The zero-order valence-electron chi connectivity index (χ0n) is 22.7. The molecule has 0 atom stereocenters. The van der Waals surface area contributed by atoms with Gasteiger partial charge in [0.1, 0.15) is 11.2 Å². The topological polar surface area (TPSA) is 31.0 Å². The molecule has 3 heterocycles. The predicted molar refractivity (Wildman–Crippen MR) is 174 cm³/mol. The molecular weight excluding hydrogens is 512 g/mol. The van der Waals surface area contributed by atoms with Gasteiger partial charge in [-0.3, -0.25) is 0 Å². The smallest absolute Gasteiger partial charge is 0.136 e. The highest BCUT2D eigenvalue weighted by Gasteiger charge is 2.19. The fraction of sp³-hybridized carbons (Fsp3) is 0. The van der Waals surface area contributed by atoms with E-state index in [4.69, 9.17) is 9.40 Å². The van der Waals surface area contributed by atoms with Gasteiger partial charge in [0.15, 0.2) is 0 Å². The highest BCUT2D eigenvalue weighted by Crippen LogP contribution is 2.41. The van der Waals surface area contributed by atoms with Gasteiger partial charge in [0.2, 0.25) is 0 Å². The number of para-hydroxylation sites is 1. The summed E-state index contributed by atoms with van der Waals surface area (Å²) >= 11 is 0. The molecule has 0 aliphatic heterocycles. The zero-order chi connectivity index (χ0) is 27.6. The van der Waals surface area contributed by atoms with Crippen LogP contribution in [-0.2, 0) is 0 Å². The maximum absolute atomic E-state index is 6.47. The molecule has 196 valence electrons. The summed E-state index contributed by atoms with van der Waals surface area (Å²) in [5.41, 5.74) is 9.25. The standard InChI is InChI=1S/C39H24N2O/c1-3-12-26(13-4-1)33-21-28(22-34(40-33)27-14-5-2-6-15-27)41-35-18-10-9-17-30(35)31-24-38-32(23-36(31)41)39-29-16-8-7-11-25(29)19-20-37(39)42-38/h1-24H. The molecular formula is C39H24N2O. The van der Waals surface area contributed by atoms with Gasteiger partial charge in [0.05, 0.1) is 28.1 Å². The van der Waals surface area contributed by atoms with Crippen LogP contribution in [0.15, 0.2) is 150 Å². The number of fused-ring (bicyclic) bond motifs is 8. The van der Waals surface area contributed by atoms with Crippen LogP contribution in [0.4, 0.5) is 0 Å². The lowest BCUT2D eigenvalue weighted by Crippen LogP contribution is -1.98. The van der Waals surface area contributed by atoms with Gasteiger partial charge in [-0.25, -0.2) is 4.98 Å². The van der Waals surface area contributed by atoms with Gasteiger partial charge in [-0.15, -0.1) is 0 Å². The first-order valence-electron chi connectivity index (χ1n) is 14.2. The first kappa shape index (κ1) is 23.1. The molecule has 9 aromatic rings. The second-order valence-corrected chi connectivity index (χ2v) is 10.8. The molecule has 0 amide bonds. The predicted octanol–water partition coefficient (Wildman–Crippen LogP) is 10.6. The van der Waals surface area contributed by atoms with Gasteiger partial charge >= 0.3 is 0 Å². The van der Waals surface area contributed by atoms with E-state index in [0.717, 1.165) is 61.2 Å². The number of aromatic nitrogens is 2. The second-order valence-electron chi connectivity index (χ2n) is 10.8. The minimum absolute atomic E-state index is 0.904. The first-order valence-corrected chi connectivity index (χ1v) is 14.2. The van der Waals surface area contributed by atoms with Crippen molar-refractivity contribution in [1.82, 2.24) is 9.55 Å². The van der Waals surface area contributed by atoms with Gasteiger partial charge in [-0.1, -0.05) is 109 Å². The van der Waals surface area contributed by atoms with Crippen LogP contribution in [0, 0.1) is 0 Å². The number of pyridine rings is 1. The van der Waals surface area contributed by atoms with Crippen molar-refractivity contribution in [2.45, 2.75) is 0 Å². The Morgan fingerprint density at radius 2 is 1.10 bits per heavy atom. The van der Waals surface area contributed by atoms with Gasteiger partial charge in [0.25, 0.3) is 0 Å². The molecule has 0 bridgehead atoms. The van der Waals surface area contributed by atoms with Gasteiger partial charge in [-0.05, 0) is 47.2 Å². The van der Waals surface area contributed by atoms with Crippen LogP contribution in [0.1, 0.15) is 0 Å². The molecule has 0 fully saturated rings. The Morgan fingerprint density at radius 3 is 1.83 bits per heavy atom. The van der Waals surface area contributed by atoms with E-state index >= 15 is 0 Å². The van der Waals surface area contributed by atoms with Crippen LogP contribution in [0.25, 0.3) is 82.7 Å². The van der Waals surface area contributed by atoms with E-state index in [1.807, 2.05) is 12.1 Å². The largest absolute Gasteiger partial charge is 0.456 e. The molecule has 0 radical (unpaired) electrons. The number of hydrogen-bond acceptors (Lipinski definition) is 2. The third-order valence-electron chi connectivity index (χ3n) is 8.36. The molecule has 42 heavy (non-hydrogen) atoms. The third kappa shape index (κ3) is 3.44. The lowest BCUT2D eigenvalue weighted by atomic mass is 10.0. The number of rotatable bonds is 3. The quantitative estimate of drug-likeness (QED) is 0.225. The fourth-order valence-electron chi connectivity index (χ4n) is 6.44. The molecule has 0 spiro atoms. The molecule has 0 aliphatic carbocycles. The summed E-state index contributed by atoms with van der Waals surface area (Å²) in [6.07, 6.45) is 0. The van der Waals surface area contributed by atoms with Crippen molar-refractivity contribution < 1.29 is 4.42 Å². The number of benzene rings is 6. The Bertz CT molecular complexity index is 2390. The molecule has 0 saturated heterocycles. The summed E-state index contributed by atoms with van der Waals surface area (Å²) in [4.78, 5) is 5.13. The van der Waals surface area contributed by atoms with E-state index in [0.29, 0.717) is 0 Å². The summed E-state index contributed by atoms with van der Waals surface area (Å²) in [7, 11) is 0. The average Bonchev–Trinajstić information content (AvgIpc) is 3.59. The average molecular weight is 537 g/mol. The molecule has 0 N–H and O–H groups in total. The summed E-state index contributed by atoms with van der Waals surface area (Å²) in [6, 6.07) is 51.2. The van der Waals surface area contributed by atoms with Gasteiger partial charge in [-0.2, -0.15) is 0 Å². The van der Waals surface area contributed by atoms with Crippen molar-refractivity contribution in [3.05, 3.63) is 146 Å². The van der Waals surface area contributed by atoms with Crippen molar-refractivity contribution in [2.75, 3.05) is 0 Å². The first-order chi connectivity index (χ1) is 20.8. The molecule has 3 heteroatoms. The summed E-state index contributed by atoms with van der Waals surface area (Å²) < 4.78 is 8.85. The van der Waals surface area contributed by atoms with Crippen LogP contribution in [0.5, 0.6) is 0 Å². The van der Waals surface area contributed by atoms with Crippen molar-refractivity contribution in [1.29, 1.82) is 0 Å². The van der Waals surface area contributed by atoms with Crippen molar-refractivity contribution in [3.63, 3.8) is 0 Å². The molecule has 9 rings (SSSR count). The summed E-state index contributed by atoms with van der Waals surface area (Å²) in [5, 5.41) is 7.06. The SMILES string of the molecule is c1ccc(-c2cc(-n3c4ccccc4c4cc5oc6ccc7ccccc7c6c5cc43)cc(-c3ccccc3)n2)cc1. The van der Waals surface area contributed by atoms with Crippen LogP contribution in [-0.4, -0.2) is 9.55 Å². The Balaban J connectivity index is 1.41. The van der Waals surface area contributed by atoms with Crippen LogP contribution >= 0.6 is 0 Å². The number of nitrogens with zero attached hydrogens (tertiary/aromatic N) is 2. The molecule has 0 saturated carbocycles. The Labute approximate surface area is 241 Å². The normalized spacial score (nSPS) is 11.8. The zero-order valence-corrected chi connectivity index (χ0v) is 22.7. The van der Waals surface area contributed by atoms with E-state index in [9.17, 15) is 0 Å². The highest BCUT2D eigenvalue weighted by molar-refractivity contribution is 6.23. The second kappa shape index (κ2) is 8.92. The number of hydrogen-bond donors (Lipinski definition) is 0. The van der Waals surface area contributed by atoms with Crippen molar-refractivity contribution >= 4 is 54.5 Å². The fourth-order valence-corrected chi connectivity index (χ4v) is 6.44. The van der Waals surface area contributed by atoms with E-state index in [1.54, 1.807) is 0 Å². The van der Waals surface area contributed by atoms with Crippen molar-refractivity contribution in [2.24, 2.45) is 0 Å². The lowest BCUT2D eigenvalue weighted by molar-refractivity contribution is 0.670. The monoisotopic (exact) mass is 536 g/mol. The van der Waals surface area contributed by atoms with Crippen LogP contribution in [0.2, 0.25) is 0 Å². The summed E-state index contributed by atoms with van der Waals surface area (Å²) in [6.45, 7) is 0. The highest BCUT2D eigenvalue weighted by atomic mass is 16.3. The van der Waals surface area contributed by atoms with Crippen LogP contribution < -0.4 is 0 Å². The maximum Gasteiger partial charge on any atom is 0.136 e. The molecule has 3 nitrogen and oxygen atoms in total. The Hall–Kier alpha value is -5.67. The van der Waals surface area contributed by atoms with Crippen LogP contribution in [0.3, 0.4) is 0 Å². The lowest BCUT2D eigenvalue weighted by Gasteiger charge is -2.13. The van der Waals surface area contributed by atoms with E-state index in [-0.39, 0.29) is 0 Å². The minimum Gasteiger partial charge on any atom is -0.456 e. The Morgan fingerprint density at radius 1 is 0.452 bits per heavy atom. The van der Waals surface area contributed by atoms with E-state index in [2.05, 4.69) is 138 Å². The number of furan rings is 1. The maximum atomic E-state index is 6.47. The molecule has 0 unspecified atom stereocenters. The molecule has 6 aromatic carbocycles. The molecule has 3 aromatic heterocycles. The minimum atomic E-state index is 0.904.